The van der Waals surface area contributed by atoms with E-state index in [0.29, 0.717) is 13.2 Å². The highest BCUT2D eigenvalue weighted by atomic mass is 19.1. The van der Waals surface area contributed by atoms with Gasteiger partial charge < -0.3 is 20.3 Å². The standard InChI is InChI=1S/C23H37FN4O2/c1-5-18(6-2)22(29)28-13-11-19(12-14-28)27-23(25-7-3)26-16-17-9-10-21(30-8-4)20(24)15-17/h9-10,15,18-19H,5-8,11-14,16H2,1-4H3,(H2,25,26,27). The van der Waals surface area contributed by atoms with Gasteiger partial charge in [-0.2, -0.15) is 0 Å². The Labute approximate surface area is 180 Å². The molecule has 168 valence electrons. The molecule has 1 amide bonds. The van der Waals surface area contributed by atoms with Crippen molar-refractivity contribution in [1.29, 1.82) is 0 Å². The SMILES string of the molecule is CCNC(=NCc1ccc(OCC)c(F)c1)NC1CCN(C(=O)C(CC)CC)CC1. The summed E-state index contributed by atoms with van der Waals surface area (Å²) in [4.78, 5) is 19.2. The number of aliphatic imine (C=N–C) groups is 1. The molecule has 2 N–H and O–H groups in total. The Morgan fingerprint density at radius 3 is 2.50 bits per heavy atom. The van der Waals surface area contributed by atoms with Crippen LogP contribution in [0, 0.1) is 11.7 Å². The van der Waals surface area contributed by atoms with Gasteiger partial charge in [0, 0.05) is 31.6 Å². The fraction of sp³-hybridized carbons (Fsp3) is 0.652. The number of benzene rings is 1. The number of hydrogen-bond acceptors (Lipinski definition) is 3. The van der Waals surface area contributed by atoms with Gasteiger partial charge in [0.2, 0.25) is 5.91 Å². The molecule has 0 saturated carbocycles. The number of amides is 1. The number of nitrogens with one attached hydrogen (secondary N) is 2. The van der Waals surface area contributed by atoms with E-state index in [9.17, 15) is 9.18 Å². The highest BCUT2D eigenvalue weighted by molar-refractivity contribution is 5.80. The van der Waals surface area contributed by atoms with Gasteiger partial charge >= 0.3 is 0 Å². The average Bonchev–Trinajstić information content (AvgIpc) is 2.75. The van der Waals surface area contributed by atoms with Crippen LogP contribution in [0.5, 0.6) is 5.75 Å². The maximum absolute atomic E-state index is 14.1. The Kier molecular flexibility index (Phi) is 9.91. The summed E-state index contributed by atoms with van der Waals surface area (Å²) in [5.74, 6) is 1.05. The first-order valence-electron chi connectivity index (χ1n) is 11.3. The summed E-state index contributed by atoms with van der Waals surface area (Å²) in [6, 6.07) is 5.23. The van der Waals surface area contributed by atoms with Crippen molar-refractivity contribution in [2.75, 3.05) is 26.2 Å². The Hall–Kier alpha value is -2.31. The zero-order valence-corrected chi connectivity index (χ0v) is 18.8. The first kappa shape index (κ1) is 24.0. The van der Waals surface area contributed by atoms with Gasteiger partial charge in [0.05, 0.1) is 13.2 Å². The number of piperidine rings is 1. The van der Waals surface area contributed by atoms with Crippen LogP contribution in [0.4, 0.5) is 4.39 Å². The summed E-state index contributed by atoms with van der Waals surface area (Å²) in [6.45, 7) is 11.1. The summed E-state index contributed by atoms with van der Waals surface area (Å²) in [5.41, 5.74) is 0.791. The fourth-order valence-electron chi connectivity index (χ4n) is 3.74. The Morgan fingerprint density at radius 2 is 1.93 bits per heavy atom. The van der Waals surface area contributed by atoms with Gasteiger partial charge in [0.15, 0.2) is 17.5 Å². The van der Waals surface area contributed by atoms with Gasteiger partial charge in [-0.3, -0.25) is 4.79 Å². The Balaban J connectivity index is 1.91. The van der Waals surface area contributed by atoms with Crippen molar-refractivity contribution in [2.45, 2.75) is 66.0 Å². The highest BCUT2D eigenvalue weighted by Crippen LogP contribution is 2.19. The summed E-state index contributed by atoms with van der Waals surface area (Å²) >= 11 is 0. The predicted octanol–water partition coefficient (Wildman–Crippen LogP) is 3.71. The predicted molar refractivity (Wildman–Crippen MR) is 119 cm³/mol. The highest BCUT2D eigenvalue weighted by Gasteiger charge is 2.26. The molecule has 1 aliphatic heterocycles. The minimum Gasteiger partial charge on any atom is -0.491 e. The van der Waals surface area contributed by atoms with Gasteiger partial charge in [0.1, 0.15) is 0 Å². The van der Waals surface area contributed by atoms with Crippen LogP contribution < -0.4 is 15.4 Å². The first-order valence-corrected chi connectivity index (χ1v) is 11.3. The van der Waals surface area contributed by atoms with E-state index < -0.39 is 0 Å². The first-order chi connectivity index (χ1) is 14.5. The van der Waals surface area contributed by atoms with Crippen LogP contribution >= 0.6 is 0 Å². The van der Waals surface area contributed by atoms with E-state index in [2.05, 4.69) is 29.5 Å². The molecule has 0 aromatic heterocycles. The zero-order valence-electron chi connectivity index (χ0n) is 18.8. The molecular weight excluding hydrogens is 383 g/mol. The minimum atomic E-state index is -0.364. The fourth-order valence-corrected chi connectivity index (χ4v) is 3.74. The van der Waals surface area contributed by atoms with Gasteiger partial charge in [-0.1, -0.05) is 19.9 Å². The molecule has 0 spiro atoms. The van der Waals surface area contributed by atoms with E-state index in [1.165, 1.54) is 6.07 Å². The third-order valence-electron chi connectivity index (χ3n) is 5.54. The maximum Gasteiger partial charge on any atom is 0.225 e. The second-order valence-electron chi connectivity index (χ2n) is 7.65. The van der Waals surface area contributed by atoms with Crippen molar-refractivity contribution in [2.24, 2.45) is 10.9 Å². The van der Waals surface area contributed by atoms with Gasteiger partial charge in [-0.25, -0.2) is 9.38 Å². The van der Waals surface area contributed by atoms with Crippen molar-refractivity contribution in [3.8, 4) is 5.75 Å². The lowest BCUT2D eigenvalue weighted by Gasteiger charge is -2.34. The van der Waals surface area contributed by atoms with E-state index in [-0.39, 0.29) is 29.4 Å². The number of likely N-dealkylation sites (tertiary alicyclic amines) is 1. The summed E-state index contributed by atoms with van der Waals surface area (Å²) in [5, 5.41) is 6.73. The lowest BCUT2D eigenvalue weighted by atomic mass is 9.98. The lowest BCUT2D eigenvalue weighted by molar-refractivity contribution is -0.136. The quantitative estimate of drug-likeness (QED) is 0.472. The topological polar surface area (TPSA) is 66.0 Å². The minimum absolute atomic E-state index is 0.142. The molecule has 7 heteroatoms. The lowest BCUT2D eigenvalue weighted by Crippen LogP contribution is -2.50. The maximum atomic E-state index is 14.1. The average molecular weight is 421 g/mol. The number of halogens is 1. The van der Waals surface area contributed by atoms with E-state index in [0.717, 1.165) is 56.8 Å². The van der Waals surface area contributed by atoms with Crippen molar-refractivity contribution in [3.63, 3.8) is 0 Å². The summed E-state index contributed by atoms with van der Waals surface area (Å²) < 4.78 is 19.3. The van der Waals surface area contributed by atoms with Crippen LogP contribution in [0.2, 0.25) is 0 Å². The molecule has 1 fully saturated rings. The van der Waals surface area contributed by atoms with Gasteiger partial charge in [-0.15, -0.1) is 0 Å². The molecule has 0 atom stereocenters. The molecule has 0 unspecified atom stereocenters. The molecule has 1 aliphatic rings. The molecule has 1 aromatic rings. The molecule has 0 radical (unpaired) electrons. The van der Waals surface area contributed by atoms with Gasteiger partial charge in [0.25, 0.3) is 0 Å². The molecule has 1 aromatic carbocycles. The number of ether oxygens (including phenoxy) is 1. The molecule has 2 rings (SSSR count). The van der Waals surface area contributed by atoms with Crippen molar-refractivity contribution in [1.82, 2.24) is 15.5 Å². The number of hydrogen-bond donors (Lipinski definition) is 2. The number of nitrogens with zero attached hydrogens (tertiary/aromatic N) is 2. The summed E-state index contributed by atoms with van der Waals surface area (Å²) in [7, 11) is 0. The molecule has 30 heavy (non-hydrogen) atoms. The van der Waals surface area contributed by atoms with Crippen LogP contribution in [-0.4, -0.2) is 49.0 Å². The third-order valence-corrected chi connectivity index (χ3v) is 5.54. The largest absolute Gasteiger partial charge is 0.491 e. The van der Waals surface area contributed by atoms with E-state index >= 15 is 0 Å². The third kappa shape index (κ3) is 6.89. The Morgan fingerprint density at radius 1 is 1.23 bits per heavy atom. The molecule has 0 bridgehead atoms. The Bertz CT molecular complexity index is 698. The zero-order chi connectivity index (χ0) is 21.9. The second-order valence-corrected chi connectivity index (χ2v) is 7.65. The number of guanidine groups is 1. The van der Waals surface area contributed by atoms with E-state index in [1.807, 2.05) is 24.8 Å². The number of rotatable bonds is 9. The molecular formula is C23H37FN4O2. The summed E-state index contributed by atoms with van der Waals surface area (Å²) in [6.07, 6.45) is 3.59. The van der Waals surface area contributed by atoms with Gasteiger partial charge in [-0.05, 0) is 57.2 Å². The van der Waals surface area contributed by atoms with Crippen LogP contribution in [0.15, 0.2) is 23.2 Å². The molecule has 1 heterocycles. The van der Waals surface area contributed by atoms with E-state index in [4.69, 9.17) is 4.74 Å². The number of carbonyl (C=O) groups is 1. The molecule has 0 aliphatic carbocycles. The van der Waals surface area contributed by atoms with Crippen LogP contribution in [0.1, 0.15) is 58.9 Å². The van der Waals surface area contributed by atoms with Crippen molar-refractivity contribution in [3.05, 3.63) is 29.6 Å². The smallest absolute Gasteiger partial charge is 0.225 e. The van der Waals surface area contributed by atoms with Crippen molar-refractivity contribution >= 4 is 11.9 Å². The second kappa shape index (κ2) is 12.4. The van der Waals surface area contributed by atoms with E-state index in [1.54, 1.807) is 6.07 Å². The van der Waals surface area contributed by atoms with Crippen LogP contribution in [0.25, 0.3) is 0 Å². The van der Waals surface area contributed by atoms with Crippen LogP contribution in [0.3, 0.4) is 0 Å². The number of carbonyl (C=O) groups excluding carboxylic acids is 1. The monoisotopic (exact) mass is 420 g/mol. The normalized spacial score (nSPS) is 15.4. The van der Waals surface area contributed by atoms with Crippen LogP contribution in [-0.2, 0) is 11.3 Å². The molecule has 6 nitrogen and oxygen atoms in total. The molecule has 1 saturated heterocycles. The van der Waals surface area contributed by atoms with Crippen molar-refractivity contribution < 1.29 is 13.9 Å².